The number of likely N-dealkylation sites (tertiary alicyclic amines) is 1. The van der Waals surface area contributed by atoms with Gasteiger partial charge < -0.3 is 14.6 Å². The van der Waals surface area contributed by atoms with Crippen LogP contribution >= 0.6 is 12.4 Å². The summed E-state index contributed by atoms with van der Waals surface area (Å²) in [5, 5.41) is 0. The molecule has 1 aromatic heterocycles. The maximum atomic E-state index is 13.4. The summed E-state index contributed by atoms with van der Waals surface area (Å²) in [5.41, 5.74) is 2.70. The topological polar surface area (TPSA) is 50.3 Å². The summed E-state index contributed by atoms with van der Waals surface area (Å²) < 4.78 is 21.2. The molecule has 1 aliphatic rings. The van der Waals surface area contributed by atoms with Gasteiger partial charge in [0.25, 0.3) is 0 Å². The van der Waals surface area contributed by atoms with Crippen LogP contribution in [0, 0.1) is 5.82 Å². The number of benzene rings is 2. The van der Waals surface area contributed by atoms with E-state index in [0.717, 1.165) is 61.2 Å². The van der Waals surface area contributed by atoms with E-state index in [0.29, 0.717) is 13.0 Å². The molecule has 0 atom stereocenters. The van der Waals surface area contributed by atoms with Crippen molar-refractivity contribution in [2.45, 2.75) is 31.7 Å². The van der Waals surface area contributed by atoms with Gasteiger partial charge in [-0.25, -0.2) is 9.18 Å². The molecule has 1 aliphatic heterocycles. The molecule has 166 valence electrons. The largest absolute Gasteiger partial charge is 0.493 e. The maximum absolute atomic E-state index is 13.4. The highest BCUT2D eigenvalue weighted by Crippen LogP contribution is 2.25. The van der Waals surface area contributed by atoms with Crippen LogP contribution in [0.5, 0.6) is 5.75 Å². The number of para-hydroxylation sites is 2. The summed E-state index contributed by atoms with van der Waals surface area (Å²) in [6.07, 6.45) is 5.18. The molecule has 0 saturated carbocycles. The van der Waals surface area contributed by atoms with Crippen molar-refractivity contribution < 1.29 is 9.13 Å². The first-order valence-electron chi connectivity index (χ1n) is 10.6. The molecule has 0 aliphatic carbocycles. The highest BCUT2D eigenvalue weighted by molar-refractivity contribution is 5.85. The lowest BCUT2D eigenvalue weighted by atomic mass is 10.0. The number of hydrogen-bond donors (Lipinski definition) is 1. The Morgan fingerprint density at radius 3 is 2.74 bits per heavy atom. The van der Waals surface area contributed by atoms with Crippen LogP contribution < -0.4 is 10.4 Å². The monoisotopic (exact) mass is 445 g/mol. The minimum absolute atomic E-state index is 0. The number of halogens is 2. The molecule has 4 rings (SSSR count). The molecule has 5 nitrogen and oxygen atoms in total. The number of piperidine rings is 1. The number of imidazole rings is 1. The third-order valence-electron chi connectivity index (χ3n) is 5.81. The number of nitrogens with zero attached hydrogens (tertiary/aromatic N) is 2. The lowest BCUT2D eigenvalue weighted by Gasteiger charge is -2.32. The number of H-pyrrole nitrogens is 1. The number of allylic oxidation sites excluding steroid dienone is 1. The molecule has 1 N–H and O–H groups in total. The van der Waals surface area contributed by atoms with Crippen molar-refractivity contribution in [2.24, 2.45) is 0 Å². The quantitative estimate of drug-likeness (QED) is 0.403. The molecule has 0 unspecified atom stereocenters. The van der Waals surface area contributed by atoms with Gasteiger partial charge in [0.15, 0.2) is 0 Å². The van der Waals surface area contributed by atoms with Gasteiger partial charge in [0, 0.05) is 31.2 Å². The Hall–Kier alpha value is -2.57. The maximum Gasteiger partial charge on any atom is 0.326 e. The molecule has 31 heavy (non-hydrogen) atoms. The van der Waals surface area contributed by atoms with Crippen molar-refractivity contribution in [3.63, 3.8) is 0 Å². The van der Waals surface area contributed by atoms with Gasteiger partial charge in [-0.3, -0.25) is 4.57 Å². The van der Waals surface area contributed by atoms with E-state index < -0.39 is 0 Å². The fourth-order valence-electron chi connectivity index (χ4n) is 4.31. The number of rotatable bonds is 8. The zero-order valence-corrected chi connectivity index (χ0v) is 18.4. The number of ether oxygens (including phenoxy) is 1. The Morgan fingerprint density at radius 1 is 1.19 bits per heavy atom. The van der Waals surface area contributed by atoms with E-state index in [-0.39, 0.29) is 30.0 Å². The molecular weight excluding hydrogens is 417 g/mol. The van der Waals surface area contributed by atoms with Gasteiger partial charge in [-0.2, -0.15) is 0 Å². The standard InChI is InChI=1S/C24H28FN3O2.ClH/c1-2-6-18-17-19(25)9-10-23(18)30-16-5-13-27-14-11-20(12-15-27)28-22-8-4-3-7-21(22)26-24(28)29;/h2-4,7-10,17,20H,1,5-6,11-16H2,(H,26,29);1H. The van der Waals surface area contributed by atoms with Gasteiger partial charge in [-0.15, -0.1) is 19.0 Å². The second-order valence-electron chi connectivity index (χ2n) is 7.84. The first-order chi connectivity index (χ1) is 14.7. The van der Waals surface area contributed by atoms with E-state index in [1.54, 1.807) is 12.1 Å². The predicted molar refractivity (Wildman–Crippen MR) is 125 cm³/mol. The smallest absolute Gasteiger partial charge is 0.326 e. The van der Waals surface area contributed by atoms with Crippen molar-refractivity contribution in [1.82, 2.24) is 14.5 Å². The van der Waals surface area contributed by atoms with Gasteiger partial charge in [0.1, 0.15) is 11.6 Å². The van der Waals surface area contributed by atoms with Crippen molar-refractivity contribution in [3.05, 3.63) is 77.0 Å². The Morgan fingerprint density at radius 2 is 1.97 bits per heavy atom. The minimum Gasteiger partial charge on any atom is -0.493 e. The number of hydrogen-bond acceptors (Lipinski definition) is 3. The average molecular weight is 446 g/mol. The first kappa shape index (κ1) is 23.1. The average Bonchev–Trinajstić information content (AvgIpc) is 3.09. The molecule has 0 spiro atoms. The zero-order valence-electron chi connectivity index (χ0n) is 17.6. The SMILES string of the molecule is C=CCc1cc(F)ccc1OCCCN1CCC(n2c(=O)[nH]c3ccccc32)CC1.Cl. The molecular formula is C24H29ClFN3O2. The molecule has 2 heterocycles. The summed E-state index contributed by atoms with van der Waals surface area (Å²) in [6, 6.07) is 12.7. The van der Waals surface area contributed by atoms with Crippen LogP contribution in [0.1, 0.15) is 30.9 Å². The highest BCUT2D eigenvalue weighted by atomic mass is 35.5. The van der Waals surface area contributed by atoms with E-state index >= 15 is 0 Å². The molecule has 1 saturated heterocycles. The number of fused-ring (bicyclic) bond motifs is 1. The van der Waals surface area contributed by atoms with Crippen molar-refractivity contribution in [3.8, 4) is 5.75 Å². The van der Waals surface area contributed by atoms with Crippen molar-refractivity contribution in [1.29, 1.82) is 0 Å². The van der Waals surface area contributed by atoms with E-state index in [1.165, 1.54) is 12.1 Å². The molecule has 0 radical (unpaired) electrons. The van der Waals surface area contributed by atoms with Gasteiger partial charge in [0.05, 0.1) is 17.6 Å². The number of aromatic nitrogens is 2. The molecule has 2 aromatic carbocycles. The fourth-order valence-corrected chi connectivity index (χ4v) is 4.31. The van der Waals surface area contributed by atoms with Crippen molar-refractivity contribution in [2.75, 3.05) is 26.2 Å². The van der Waals surface area contributed by atoms with Gasteiger partial charge in [-0.1, -0.05) is 18.2 Å². The first-order valence-corrected chi connectivity index (χ1v) is 10.6. The summed E-state index contributed by atoms with van der Waals surface area (Å²) in [6.45, 7) is 7.20. The second-order valence-corrected chi connectivity index (χ2v) is 7.84. The Labute approximate surface area is 187 Å². The van der Waals surface area contributed by atoms with Gasteiger partial charge in [0.2, 0.25) is 0 Å². The lowest BCUT2D eigenvalue weighted by Crippen LogP contribution is -2.37. The Balaban J connectivity index is 0.00000272. The van der Waals surface area contributed by atoms with Crippen LogP contribution in [0.3, 0.4) is 0 Å². The van der Waals surface area contributed by atoms with E-state index in [4.69, 9.17) is 4.74 Å². The van der Waals surface area contributed by atoms with Crippen molar-refractivity contribution >= 4 is 23.4 Å². The number of nitrogens with one attached hydrogen (secondary N) is 1. The predicted octanol–water partition coefficient (Wildman–Crippen LogP) is 4.73. The highest BCUT2D eigenvalue weighted by Gasteiger charge is 2.23. The molecule has 0 bridgehead atoms. The molecule has 7 heteroatoms. The summed E-state index contributed by atoms with van der Waals surface area (Å²) in [5.74, 6) is 0.477. The summed E-state index contributed by atoms with van der Waals surface area (Å²) in [4.78, 5) is 17.8. The van der Waals surface area contributed by atoms with Crippen LogP contribution in [-0.4, -0.2) is 40.7 Å². The second kappa shape index (κ2) is 10.6. The normalized spacial score (nSPS) is 15.0. The van der Waals surface area contributed by atoms with E-state index in [9.17, 15) is 9.18 Å². The van der Waals surface area contributed by atoms with Crippen LogP contribution in [0.4, 0.5) is 4.39 Å². The zero-order chi connectivity index (χ0) is 20.9. The van der Waals surface area contributed by atoms with Gasteiger partial charge in [-0.05, 0) is 56.0 Å². The lowest BCUT2D eigenvalue weighted by molar-refractivity contribution is 0.173. The minimum atomic E-state index is -0.253. The Kier molecular flexibility index (Phi) is 7.93. The van der Waals surface area contributed by atoms with Crippen LogP contribution in [0.2, 0.25) is 0 Å². The Bertz CT molecular complexity index is 1070. The third-order valence-corrected chi connectivity index (χ3v) is 5.81. The fraction of sp³-hybridized carbons (Fsp3) is 0.375. The number of aromatic amines is 1. The van der Waals surface area contributed by atoms with Crippen LogP contribution in [0.15, 0.2) is 59.9 Å². The summed E-state index contributed by atoms with van der Waals surface area (Å²) in [7, 11) is 0. The molecule has 0 amide bonds. The van der Waals surface area contributed by atoms with Crippen LogP contribution in [-0.2, 0) is 6.42 Å². The van der Waals surface area contributed by atoms with Crippen LogP contribution in [0.25, 0.3) is 11.0 Å². The van der Waals surface area contributed by atoms with E-state index in [2.05, 4.69) is 16.5 Å². The van der Waals surface area contributed by atoms with Gasteiger partial charge >= 0.3 is 5.69 Å². The molecule has 1 fully saturated rings. The molecule has 3 aromatic rings. The van der Waals surface area contributed by atoms with E-state index in [1.807, 2.05) is 28.8 Å². The third kappa shape index (κ3) is 5.38. The summed E-state index contributed by atoms with van der Waals surface area (Å²) >= 11 is 0.